The molecule has 0 amide bonds. The van der Waals surface area contributed by atoms with Gasteiger partial charge in [-0.3, -0.25) is 14.3 Å². The van der Waals surface area contributed by atoms with Crippen molar-refractivity contribution in [2.24, 2.45) is 5.41 Å². The summed E-state index contributed by atoms with van der Waals surface area (Å²) in [5.74, 6) is 0.497. The zero-order valence-electron chi connectivity index (χ0n) is 13.7. The third-order valence-corrected chi connectivity index (χ3v) is 4.66. The maximum Gasteiger partial charge on any atom is 0.261 e. The summed E-state index contributed by atoms with van der Waals surface area (Å²) < 4.78 is 15.2. The van der Waals surface area contributed by atoms with Gasteiger partial charge in [0.05, 0.1) is 16.6 Å². The molecule has 122 valence electrons. The molecule has 4 rings (SSSR count). The first-order valence-electron chi connectivity index (χ1n) is 8.08. The fourth-order valence-corrected chi connectivity index (χ4v) is 3.30. The van der Waals surface area contributed by atoms with E-state index in [-0.39, 0.29) is 16.8 Å². The van der Waals surface area contributed by atoms with Crippen molar-refractivity contribution in [3.8, 4) is 11.3 Å². The highest BCUT2D eigenvalue weighted by molar-refractivity contribution is 5.83. The number of aryl methyl sites for hydroxylation is 1. The van der Waals surface area contributed by atoms with Crippen LogP contribution in [0, 0.1) is 11.2 Å². The molecule has 0 bridgehead atoms. The van der Waals surface area contributed by atoms with Gasteiger partial charge in [0.2, 0.25) is 0 Å². The molecule has 4 nitrogen and oxygen atoms in total. The number of hydrogen-bond donors (Lipinski definition) is 0. The lowest BCUT2D eigenvalue weighted by Gasteiger charge is -2.31. The Morgan fingerprint density at radius 1 is 1.21 bits per heavy atom. The molecule has 0 unspecified atom stereocenters. The van der Waals surface area contributed by atoms with E-state index >= 15 is 0 Å². The van der Waals surface area contributed by atoms with Gasteiger partial charge in [-0.25, -0.2) is 9.37 Å². The zero-order chi connectivity index (χ0) is 16.9. The van der Waals surface area contributed by atoms with Crippen LogP contribution in [0.5, 0.6) is 0 Å². The van der Waals surface area contributed by atoms with Crippen LogP contribution in [0.1, 0.15) is 26.1 Å². The third-order valence-electron chi connectivity index (χ3n) is 4.66. The summed E-state index contributed by atoms with van der Waals surface area (Å²) in [7, 11) is 0. The highest BCUT2D eigenvalue weighted by Gasteiger charge is 2.27. The van der Waals surface area contributed by atoms with Crippen molar-refractivity contribution in [1.29, 1.82) is 0 Å². The van der Waals surface area contributed by atoms with Gasteiger partial charge < -0.3 is 0 Å². The summed E-state index contributed by atoms with van der Waals surface area (Å²) in [6, 6.07) is 8.08. The first-order valence-corrected chi connectivity index (χ1v) is 8.08. The van der Waals surface area contributed by atoms with Crippen LogP contribution in [-0.4, -0.2) is 14.5 Å². The molecule has 0 aliphatic carbocycles. The molecule has 24 heavy (non-hydrogen) atoms. The van der Waals surface area contributed by atoms with Crippen LogP contribution in [0.2, 0.25) is 0 Å². The standard InChI is InChI=1S/C19H18FN3O/c1-19(2)7-5-17-22-16-9-12(15-10-13(20)6-8-21-15)3-4-14(16)18(24)23(17)11-19/h3-4,6,8-10H,5,7,11H2,1-2H3. The highest BCUT2D eigenvalue weighted by Crippen LogP contribution is 2.30. The van der Waals surface area contributed by atoms with Crippen molar-refractivity contribution < 1.29 is 4.39 Å². The predicted octanol–water partition coefficient (Wildman–Crippen LogP) is 3.57. The number of pyridine rings is 1. The van der Waals surface area contributed by atoms with Crippen LogP contribution in [0.4, 0.5) is 4.39 Å². The Balaban J connectivity index is 1.89. The Morgan fingerprint density at radius 2 is 2.04 bits per heavy atom. The normalized spacial score (nSPS) is 16.1. The van der Waals surface area contributed by atoms with Gasteiger partial charge >= 0.3 is 0 Å². The number of fused-ring (bicyclic) bond motifs is 2. The van der Waals surface area contributed by atoms with Crippen molar-refractivity contribution in [2.45, 2.75) is 33.2 Å². The van der Waals surface area contributed by atoms with Gasteiger partial charge in [-0.1, -0.05) is 19.9 Å². The van der Waals surface area contributed by atoms with Gasteiger partial charge in [0.25, 0.3) is 5.56 Å². The first kappa shape index (κ1) is 15.0. The number of rotatable bonds is 1. The van der Waals surface area contributed by atoms with Crippen LogP contribution < -0.4 is 5.56 Å². The molecule has 0 saturated carbocycles. The molecule has 3 aromatic rings. The minimum Gasteiger partial charge on any atom is -0.296 e. The topological polar surface area (TPSA) is 47.8 Å². The Kier molecular flexibility index (Phi) is 3.27. The van der Waals surface area contributed by atoms with Crippen LogP contribution in [0.25, 0.3) is 22.2 Å². The lowest BCUT2D eigenvalue weighted by Crippen LogP contribution is -2.36. The lowest BCUT2D eigenvalue weighted by molar-refractivity contribution is 0.240. The second kappa shape index (κ2) is 5.23. The summed E-state index contributed by atoms with van der Waals surface area (Å²) in [5, 5.41) is 0.594. The average Bonchev–Trinajstić information content (AvgIpc) is 2.55. The van der Waals surface area contributed by atoms with Crippen molar-refractivity contribution >= 4 is 10.9 Å². The molecule has 2 aromatic heterocycles. The molecule has 1 aliphatic heterocycles. The number of nitrogens with zero attached hydrogens (tertiary/aromatic N) is 3. The monoisotopic (exact) mass is 323 g/mol. The molecule has 5 heteroatoms. The van der Waals surface area contributed by atoms with E-state index in [0.717, 1.165) is 24.2 Å². The van der Waals surface area contributed by atoms with Crippen molar-refractivity contribution in [3.05, 3.63) is 58.5 Å². The molecule has 0 saturated heterocycles. The number of hydrogen-bond acceptors (Lipinski definition) is 3. The zero-order valence-corrected chi connectivity index (χ0v) is 13.7. The summed E-state index contributed by atoms with van der Waals surface area (Å²) >= 11 is 0. The van der Waals surface area contributed by atoms with E-state index in [4.69, 9.17) is 4.98 Å². The number of aromatic nitrogens is 3. The summed E-state index contributed by atoms with van der Waals surface area (Å²) in [6.07, 6.45) is 3.24. The van der Waals surface area contributed by atoms with Crippen molar-refractivity contribution in [2.75, 3.05) is 0 Å². The van der Waals surface area contributed by atoms with E-state index < -0.39 is 0 Å². The van der Waals surface area contributed by atoms with E-state index in [1.807, 2.05) is 6.07 Å². The van der Waals surface area contributed by atoms with Gasteiger partial charge in [0.15, 0.2) is 0 Å². The van der Waals surface area contributed by atoms with Gasteiger partial charge in [-0.2, -0.15) is 0 Å². The predicted molar refractivity (Wildman–Crippen MR) is 91.3 cm³/mol. The maximum atomic E-state index is 13.4. The van der Waals surface area contributed by atoms with E-state index in [2.05, 4.69) is 18.8 Å². The van der Waals surface area contributed by atoms with E-state index in [0.29, 0.717) is 23.1 Å². The van der Waals surface area contributed by atoms with Gasteiger partial charge in [-0.05, 0) is 30.0 Å². The molecule has 1 aliphatic rings. The van der Waals surface area contributed by atoms with Crippen molar-refractivity contribution in [3.63, 3.8) is 0 Å². The quantitative estimate of drug-likeness (QED) is 0.688. The summed E-state index contributed by atoms with van der Waals surface area (Å²) in [6.45, 7) is 5.04. The molecule has 3 heterocycles. The maximum absolute atomic E-state index is 13.4. The Bertz CT molecular complexity index is 1010. The molecular formula is C19H18FN3O. The van der Waals surface area contributed by atoms with E-state index in [9.17, 15) is 9.18 Å². The SMILES string of the molecule is CC1(C)CCc2nc3cc(-c4cc(F)ccn4)ccc3c(=O)n2C1. The van der Waals surface area contributed by atoms with Crippen LogP contribution in [0.15, 0.2) is 41.3 Å². The van der Waals surface area contributed by atoms with E-state index in [1.165, 1.54) is 18.3 Å². The Hall–Kier alpha value is -2.56. The Labute approximate surface area is 139 Å². The highest BCUT2D eigenvalue weighted by atomic mass is 19.1. The fourth-order valence-electron chi connectivity index (χ4n) is 3.30. The average molecular weight is 323 g/mol. The van der Waals surface area contributed by atoms with Crippen LogP contribution >= 0.6 is 0 Å². The van der Waals surface area contributed by atoms with Gasteiger partial charge in [-0.15, -0.1) is 0 Å². The van der Waals surface area contributed by atoms with Gasteiger partial charge in [0, 0.05) is 30.8 Å². The summed E-state index contributed by atoms with van der Waals surface area (Å²) in [4.78, 5) is 21.7. The van der Waals surface area contributed by atoms with Gasteiger partial charge in [0.1, 0.15) is 11.6 Å². The first-order chi connectivity index (χ1) is 11.4. The molecule has 1 aromatic carbocycles. The second-order valence-electron chi connectivity index (χ2n) is 7.17. The molecule has 0 atom stereocenters. The molecule has 0 N–H and O–H groups in total. The largest absolute Gasteiger partial charge is 0.296 e. The van der Waals surface area contributed by atoms with Crippen LogP contribution in [0.3, 0.4) is 0 Å². The number of halogens is 1. The molecular weight excluding hydrogens is 305 g/mol. The van der Waals surface area contributed by atoms with E-state index in [1.54, 1.807) is 16.7 Å². The van der Waals surface area contributed by atoms with Crippen LogP contribution in [-0.2, 0) is 13.0 Å². The molecule has 0 radical (unpaired) electrons. The Morgan fingerprint density at radius 3 is 2.83 bits per heavy atom. The molecule has 0 fully saturated rings. The minimum absolute atomic E-state index is 0.00141. The summed E-state index contributed by atoms with van der Waals surface area (Å²) in [5.41, 5.74) is 2.06. The number of benzene rings is 1. The smallest absolute Gasteiger partial charge is 0.261 e. The molecule has 0 spiro atoms. The fraction of sp³-hybridized carbons (Fsp3) is 0.316. The third kappa shape index (κ3) is 2.50. The lowest BCUT2D eigenvalue weighted by atomic mass is 9.85. The minimum atomic E-state index is -0.333. The van der Waals surface area contributed by atoms with Crippen molar-refractivity contribution in [1.82, 2.24) is 14.5 Å². The second-order valence-corrected chi connectivity index (χ2v) is 7.17.